The summed E-state index contributed by atoms with van der Waals surface area (Å²) in [7, 11) is 0. The first-order valence-electron chi connectivity index (χ1n) is 2.37. The van der Waals surface area contributed by atoms with Crippen molar-refractivity contribution >= 4 is 86.7 Å². The Bertz CT molecular complexity index is 110. The van der Waals surface area contributed by atoms with Crippen LogP contribution < -0.4 is 0 Å². The van der Waals surface area contributed by atoms with Gasteiger partial charge in [0.15, 0.2) is 0 Å². The Hall–Kier alpha value is 2.19. The van der Waals surface area contributed by atoms with Crippen molar-refractivity contribution in [2.45, 2.75) is 8.94 Å². The molecule has 11 heavy (non-hydrogen) atoms. The third-order valence-electron chi connectivity index (χ3n) is 0.517. The fourth-order valence-electron chi connectivity index (χ4n) is 0.273. The predicted octanol–water partition coefficient (Wildman–Crippen LogP) is 4.50. The van der Waals surface area contributed by atoms with E-state index in [9.17, 15) is 0 Å². The molecule has 0 bridgehead atoms. The minimum absolute atomic E-state index is 0. The first kappa shape index (κ1) is 18.9. The van der Waals surface area contributed by atoms with Crippen LogP contribution in [0.5, 0.6) is 0 Å². The second-order valence-corrected chi connectivity index (χ2v) is 6.58. The summed E-state index contributed by atoms with van der Waals surface area (Å²) >= 11 is 6.73. The van der Waals surface area contributed by atoms with Gasteiger partial charge in [-0.25, -0.2) is 0 Å². The molecule has 0 N–H and O–H groups in total. The molecule has 0 saturated heterocycles. The van der Waals surface area contributed by atoms with Gasteiger partial charge in [-0.3, -0.25) is 0 Å². The first-order valence-corrected chi connectivity index (χ1v) is 7.25. The third kappa shape index (κ3) is 18.9. The van der Waals surface area contributed by atoms with Crippen molar-refractivity contribution in [1.82, 2.24) is 0 Å². The van der Waals surface area contributed by atoms with E-state index in [1.807, 2.05) is 0 Å². The van der Waals surface area contributed by atoms with Gasteiger partial charge in [0.1, 0.15) is 0 Å². The van der Waals surface area contributed by atoms with Gasteiger partial charge in [-0.2, -0.15) is 0 Å². The Morgan fingerprint density at radius 3 is 1.45 bits per heavy atom. The van der Waals surface area contributed by atoms with Crippen LogP contribution in [-0.4, -0.2) is 20.9 Å². The van der Waals surface area contributed by atoms with Crippen LogP contribution in [0.3, 0.4) is 0 Å². The fraction of sp³-hybridized carbons (Fsp3) is 0.333. The van der Waals surface area contributed by atoms with Crippen molar-refractivity contribution in [2.75, 3.05) is 0 Å². The van der Waals surface area contributed by atoms with Crippen LogP contribution in [0.4, 0.5) is 0 Å². The Morgan fingerprint density at radius 1 is 1.00 bits per heavy atom. The van der Waals surface area contributed by atoms with Crippen LogP contribution in [-0.2, 0) is 0 Å². The van der Waals surface area contributed by atoms with Crippen LogP contribution in [0.2, 0.25) is 8.94 Å². The second-order valence-electron chi connectivity index (χ2n) is 1.53. The summed E-state index contributed by atoms with van der Waals surface area (Å²) in [6.45, 7) is 7.51. The van der Waals surface area contributed by atoms with Gasteiger partial charge >= 0.3 is 83.8 Å². The Labute approximate surface area is 116 Å². The average Bonchev–Trinajstić information content (AvgIpc) is 1.63. The van der Waals surface area contributed by atoms with E-state index >= 15 is 0 Å². The zero-order valence-corrected chi connectivity index (χ0v) is 14.7. The summed E-state index contributed by atoms with van der Waals surface area (Å²) in [4.78, 5) is 0. The van der Waals surface area contributed by atoms with E-state index in [-0.39, 0.29) is 54.9 Å². The van der Waals surface area contributed by atoms with Crippen LogP contribution in [0.25, 0.3) is 0 Å². The zero-order valence-electron chi connectivity index (χ0n) is 5.81. The summed E-state index contributed by atoms with van der Waals surface area (Å²) in [6, 6.07) is 0. The molecule has 0 aliphatic rings. The molecule has 0 unspecified atom stereocenters. The maximum absolute atomic E-state index is 3.76. The molecule has 0 aliphatic heterocycles. The minimum atomic E-state index is 0. The summed E-state index contributed by atoms with van der Waals surface area (Å²) in [6.07, 6.45) is 0. The number of halogens is 4. The molecule has 0 nitrogen and oxygen atoms in total. The van der Waals surface area contributed by atoms with Crippen molar-refractivity contribution in [3.05, 3.63) is 22.1 Å². The summed E-state index contributed by atoms with van der Waals surface area (Å²) in [5, 5.41) is 0. The molecule has 0 saturated carbocycles. The van der Waals surface area contributed by atoms with Crippen LogP contribution in [0.15, 0.2) is 22.1 Å². The number of allylic oxidation sites excluding steroid dienone is 2. The molecule has 0 radical (unpaired) electrons. The molecular weight excluding hydrogens is 519 g/mol. The second kappa shape index (κ2) is 12.2. The molecule has 0 amide bonds. The molecule has 0 fully saturated rings. The van der Waals surface area contributed by atoms with Gasteiger partial charge in [-0.1, -0.05) is 0 Å². The van der Waals surface area contributed by atoms with Gasteiger partial charge in [0.25, 0.3) is 0 Å². The predicted molar refractivity (Wildman–Crippen MR) is 72.1 cm³/mol. The van der Waals surface area contributed by atoms with Crippen LogP contribution in [0.1, 0.15) is 0 Å². The van der Waals surface area contributed by atoms with Crippen LogP contribution in [0, 0.1) is 0 Å². The van der Waals surface area contributed by atoms with Crippen molar-refractivity contribution in [3.63, 3.8) is 0 Å². The normalized spacial score (nSPS) is 7.45. The quantitative estimate of drug-likeness (QED) is 0.471. The van der Waals surface area contributed by atoms with Gasteiger partial charge in [0.2, 0.25) is 0 Å². The Balaban J connectivity index is -0.000000320. The van der Waals surface area contributed by atoms with E-state index in [1.165, 1.54) is 0 Å². The van der Waals surface area contributed by atoms with Crippen molar-refractivity contribution in [3.8, 4) is 0 Å². The van der Waals surface area contributed by atoms with Gasteiger partial charge < -0.3 is 0 Å². The summed E-state index contributed by atoms with van der Waals surface area (Å²) in [5.41, 5.74) is 0. The number of hydrogen-bond donors (Lipinski definition) is 0. The standard InChI is InChI=1S/C6H8Br2Te.2BrH/c1-5(7)3-9-4-6(2)8;;/h1-4H2;2*1H. The molecule has 0 aliphatic carbocycles. The topological polar surface area (TPSA) is 0 Å². The van der Waals surface area contributed by atoms with Gasteiger partial charge in [0, 0.05) is 0 Å². The molecular formula is C6H10Br4Te. The molecule has 0 heterocycles. The van der Waals surface area contributed by atoms with E-state index in [0.717, 1.165) is 17.9 Å². The molecule has 68 valence electrons. The Kier molecular flexibility index (Phi) is 20.9. The number of hydrogen-bond acceptors (Lipinski definition) is 0. The van der Waals surface area contributed by atoms with E-state index in [1.54, 1.807) is 0 Å². The Morgan fingerprint density at radius 2 is 1.27 bits per heavy atom. The summed E-state index contributed by atoms with van der Waals surface area (Å²) < 4.78 is 4.57. The first-order chi connectivity index (χ1) is 4.13. The molecule has 0 aromatic rings. The van der Waals surface area contributed by atoms with Crippen LogP contribution >= 0.6 is 65.8 Å². The SMILES string of the molecule is Br.Br.C=C(Br)C[Te]CC(=C)Br. The van der Waals surface area contributed by atoms with Gasteiger partial charge in [-0.05, 0) is 0 Å². The van der Waals surface area contributed by atoms with Crippen molar-refractivity contribution in [2.24, 2.45) is 0 Å². The van der Waals surface area contributed by atoms with Gasteiger partial charge in [0.05, 0.1) is 0 Å². The molecule has 0 aromatic carbocycles. The van der Waals surface area contributed by atoms with E-state index in [2.05, 4.69) is 45.0 Å². The third-order valence-corrected chi connectivity index (χ3v) is 6.54. The summed E-state index contributed by atoms with van der Waals surface area (Å²) in [5.74, 6) is 0. The zero-order chi connectivity index (χ0) is 7.28. The molecule has 0 aromatic heterocycles. The van der Waals surface area contributed by atoms with Crippen molar-refractivity contribution < 1.29 is 0 Å². The van der Waals surface area contributed by atoms with E-state index < -0.39 is 0 Å². The monoisotopic (exact) mass is 528 g/mol. The molecule has 0 spiro atoms. The molecule has 0 atom stereocenters. The molecule has 5 heteroatoms. The number of rotatable bonds is 4. The average molecular weight is 529 g/mol. The van der Waals surface area contributed by atoms with Gasteiger partial charge in [-0.15, -0.1) is 34.0 Å². The maximum atomic E-state index is 3.76. The molecule has 0 rings (SSSR count). The van der Waals surface area contributed by atoms with E-state index in [0.29, 0.717) is 0 Å². The van der Waals surface area contributed by atoms with Crippen molar-refractivity contribution in [1.29, 1.82) is 0 Å². The fourth-order valence-corrected chi connectivity index (χ4v) is 4.00. The van der Waals surface area contributed by atoms with E-state index in [4.69, 9.17) is 0 Å².